The monoisotopic (exact) mass is 229 g/mol. The molecular weight excluding hydrogens is 199 g/mol. The molecule has 0 aromatic rings. The predicted octanol–water partition coefficient (Wildman–Crippen LogP) is 4.02. The molecule has 0 aliphatic rings. The van der Waals surface area contributed by atoms with E-state index in [1.807, 2.05) is 0 Å². The summed E-state index contributed by atoms with van der Waals surface area (Å²) in [5.41, 5.74) is 0. The van der Waals surface area contributed by atoms with Gasteiger partial charge < -0.3 is 4.74 Å². The molecule has 91 valence electrons. The van der Waals surface area contributed by atoms with Gasteiger partial charge in [0.25, 0.3) is 0 Å². The first kappa shape index (κ1) is 15.5. The van der Waals surface area contributed by atoms with Gasteiger partial charge in [0.2, 0.25) is 0 Å². The molecule has 0 saturated heterocycles. The van der Waals surface area contributed by atoms with Crippen LogP contribution in [0, 0.1) is 0 Å². The number of hydrogen-bond acceptors (Lipinski definition) is 0. The third kappa shape index (κ3) is 6.61. The standard InChI is InChI=1S/C5H11O.2C4H9.Al/c1-3-5-6-4-2;2*1-4(2)3;/h1,3-5H2,2H3;2*1-3H3;/q;;;-1/p+1. The molecule has 1 radical (unpaired) electrons. The lowest BCUT2D eigenvalue weighted by Crippen LogP contribution is -2.35. The predicted molar refractivity (Wildman–Crippen MR) is 72.2 cm³/mol. The molecule has 0 bridgehead atoms. The second-order valence-corrected chi connectivity index (χ2v) is 11.8. The van der Waals surface area contributed by atoms with Crippen LogP contribution in [0.3, 0.4) is 0 Å². The third-order valence-corrected chi connectivity index (χ3v) is 8.29. The maximum absolute atomic E-state index is 4.43. The van der Waals surface area contributed by atoms with Crippen molar-refractivity contribution in [3.8, 4) is 0 Å². The van der Waals surface area contributed by atoms with Gasteiger partial charge in [0.15, 0.2) is 0 Å². The molecule has 1 N–H and O–H groups in total. The van der Waals surface area contributed by atoms with Gasteiger partial charge in [-0.25, -0.2) is 13.8 Å². The van der Waals surface area contributed by atoms with Crippen LogP contribution in [0.25, 0.3) is 0 Å². The summed E-state index contributed by atoms with van der Waals surface area (Å²) in [6.45, 7) is 18.7. The van der Waals surface area contributed by atoms with Gasteiger partial charge >= 0.3 is 0 Å². The number of rotatable bonds is 5. The number of aliphatic hydroxyl groups is 2. The summed E-state index contributed by atoms with van der Waals surface area (Å²) in [6, 6.07) is 0. The van der Waals surface area contributed by atoms with Crippen LogP contribution >= 0.6 is 0 Å². The molecule has 0 unspecified atom stereocenters. The Morgan fingerprint density at radius 2 is 1.40 bits per heavy atom. The van der Waals surface area contributed by atoms with Crippen molar-refractivity contribution in [2.75, 3.05) is 13.2 Å². The zero-order valence-corrected chi connectivity index (χ0v) is 13.0. The molecule has 0 saturated carbocycles. The summed E-state index contributed by atoms with van der Waals surface area (Å²) < 4.78 is 5.52. The van der Waals surface area contributed by atoms with Crippen LogP contribution in [-0.2, 0) is 0 Å². The van der Waals surface area contributed by atoms with E-state index in [2.05, 4.69) is 53.2 Å². The van der Waals surface area contributed by atoms with Crippen LogP contribution in [0.1, 0.15) is 54.9 Å². The van der Waals surface area contributed by atoms with E-state index >= 15 is 0 Å². The Labute approximate surface area is 101 Å². The SMILES string of the molecule is CC[OH+]CC[CH2][Al-]([C](C)(C)C)[C](C)(C)C. The van der Waals surface area contributed by atoms with Crippen molar-refractivity contribution < 1.29 is 4.74 Å². The summed E-state index contributed by atoms with van der Waals surface area (Å²) in [5.74, 6) is 0. The van der Waals surface area contributed by atoms with E-state index in [1.54, 1.807) is 0 Å². The topological polar surface area (TPSA) is 12.8 Å². The fourth-order valence-electron chi connectivity index (χ4n) is 2.73. The first-order valence-corrected chi connectivity index (χ1v) is 8.30. The van der Waals surface area contributed by atoms with Crippen molar-refractivity contribution in [1.29, 1.82) is 0 Å². The fourth-order valence-corrected chi connectivity index (χ4v) is 7.65. The summed E-state index contributed by atoms with van der Waals surface area (Å²) in [4.78, 5) is 0. The van der Waals surface area contributed by atoms with Gasteiger partial charge in [0.1, 0.15) is 13.2 Å². The van der Waals surface area contributed by atoms with Gasteiger partial charge in [-0.3, -0.25) is 0 Å². The Morgan fingerprint density at radius 3 is 1.73 bits per heavy atom. The molecule has 15 heavy (non-hydrogen) atoms. The van der Waals surface area contributed by atoms with E-state index in [4.69, 9.17) is 0 Å². The minimum atomic E-state index is -0.713. The Balaban J connectivity index is 4.17. The smallest absolute Gasteiger partial charge is 0.141 e. The quantitative estimate of drug-likeness (QED) is 0.384. The molecule has 0 amide bonds. The summed E-state index contributed by atoms with van der Waals surface area (Å²) >= 11 is -0.713. The fraction of sp³-hybridized carbons (Fsp3) is 1.00. The number of hydrogen-bond donors (Lipinski definition) is 0. The van der Waals surface area contributed by atoms with E-state index in [-0.39, 0.29) is 0 Å². The summed E-state index contributed by atoms with van der Waals surface area (Å²) in [7, 11) is 0. The number of ether oxygens (including phenoxy) is 1. The maximum atomic E-state index is 4.43. The normalized spacial score (nSPS) is 13.6. The average Bonchev–Trinajstić information content (AvgIpc) is 1.99. The van der Waals surface area contributed by atoms with Crippen LogP contribution in [0.2, 0.25) is 13.8 Å². The summed E-state index contributed by atoms with van der Waals surface area (Å²) in [6.07, 6.45) is 1.30. The molecule has 0 fully saturated rings. The zero-order valence-electron chi connectivity index (χ0n) is 11.9. The lowest BCUT2D eigenvalue weighted by molar-refractivity contribution is -0.0274. The lowest BCUT2D eigenvalue weighted by Gasteiger charge is -2.50. The van der Waals surface area contributed by atoms with Crippen molar-refractivity contribution >= 4 is 14.1 Å². The van der Waals surface area contributed by atoms with Gasteiger partial charge in [-0.2, -0.15) is 0 Å². The summed E-state index contributed by atoms with van der Waals surface area (Å²) in [5, 5.41) is 1.44. The van der Waals surface area contributed by atoms with Crippen molar-refractivity contribution in [3.05, 3.63) is 0 Å². The van der Waals surface area contributed by atoms with Crippen LogP contribution in [0.5, 0.6) is 0 Å². The molecule has 0 rings (SSSR count). The average molecular weight is 229 g/mol. The van der Waals surface area contributed by atoms with E-state index in [1.165, 1.54) is 11.7 Å². The minimum Gasteiger partial charge on any atom is -0.434 e. The molecule has 1 nitrogen and oxygen atoms in total. The van der Waals surface area contributed by atoms with Crippen molar-refractivity contribution in [3.63, 3.8) is 0 Å². The molecular formula is C13H30AlO. The van der Waals surface area contributed by atoms with Gasteiger partial charge in [-0.15, -0.1) is 0 Å². The van der Waals surface area contributed by atoms with Gasteiger partial charge in [0.05, 0.1) is 0 Å². The van der Waals surface area contributed by atoms with Crippen molar-refractivity contribution in [2.45, 2.75) is 68.7 Å². The van der Waals surface area contributed by atoms with Gasteiger partial charge in [0, 0.05) is 6.92 Å². The Bertz CT molecular complexity index is 150. The molecule has 0 aliphatic heterocycles. The maximum Gasteiger partial charge on any atom is 0.141 e. The Hall–Kier alpha value is 0.492. The minimum absolute atomic E-state index is 0.546. The molecule has 0 atom stereocenters. The van der Waals surface area contributed by atoms with E-state index in [0.717, 1.165) is 13.2 Å². The highest BCUT2D eigenvalue weighted by molar-refractivity contribution is 6.65. The highest BCUT2D eigenvalue weighted by Gasteiger charge is 2.25. The molecule has 0 spiro atoms. The van der Waals surface area contributed by atoms with Crippen LogP contribution in [0.4, 0.5) is 0 Å². The second kappa shape index (κ2) is 6.28. The third-order valence-electron chi connectivity index (χ3n) is 3.12. The molecule has 0 aliphatic carbocycles. The first-order chi connectivity index (χ1) is 6.69. The zero-order chi connectivity index (χ0) is 12.1. The Kier molecular flexibility index (Phi) is 6.49. The van der Waals surface area contributed by atoms with Crippen LogP contribution in [-0.4, -0.2) is 32.1 Å². The molecule has 0 heterocycles. The first-order valence-electron chi connectivity index (χ1n) is 6.33. The van der Waals surface area contributed by atoms with Crippen molar-refractivity contribution in [2.24, 2.45) is 0 Å². The second-order valence-electron chi connectivity index (χ2n) is 6.69. The van der Waals surface area contributed by atoms with E-state index in [9.17, 15) is 0 Å². The largest absolute Gasteiger partial charge is 0.434 e. The van der Waals surface area contributed by atoms with E-state index in [0.29, 0.717) is 8.55 Å². The lowest BCUT2D eigenvalue weighted by atomic mass is 10.2. The molecule has 0 aromatic heterocycles. The highest BCUT2D eigenvalue weighted by Crippen LogP contribution is 2.44. The van der Waals surface area contributed by atoms with Gasteiger partial charge in [-0.05, 0) is 20.6 Å². The van der Waals surface area contributed by atoms with Crippen molar-refractivity contribution in [1.82, 2.24) is 0 Å². The van der Waals surface area contributed by atoms with Gasteiger partial charge in [-0.1, -0.05) is 41.5 Å². The molecule has 0 aromatic carbocycles. The van der Waals surface area contributed by atoms with E-state index < -0.39 is 14.1 Å². The Morgan fingerprint density at radius 1 is 0.933 bits per heavy atom. The highest BCUT2D eigenvalue weighted by atomic mass is 27.2. The van der Waals surface area contributed by atoms with Crippen LogP contribution < -0.4 is 0 Å². The van der Waals surface area contributed by atoms with Crippen LogP contribution in [0.15, 0.2) is 0 Å². The molecule has 2 heteroatoms.